The molecule has 1 aliphatic heterocycles. The fraction of sp³-hybridized carbons (Fsp3) is 0.467. The van der Waals surface area contributed by atoms with Crippen molar-refractivity contribution in [1.29, 1.82) is 0 Å². The Balaban J connectivity index is 2.16. The molecule has 0 aliphatic carbocycles. The van der Waals surface area contributed by atoms with E-state index in [-0.39, 0.29) is 23.8 Å². The van der Waals surface area contributed by atoms with E-state index in [1.165, 1.54) is 6.92 Å². The van der Waals surface area contributed by atoms with Gasteiger partial charge in [0.25, 0.3) is 0 Å². The number of methoxy groups -OCH3 is 1. The van der Waals surface area contributed by atoms with E-state index in [0.717, 1.165) is 13.0 Å². The van der Waals surface area contributed by atoms with Crippen molar-refractivity contribution in [3.63, 3.8) is 0 Å². The zero-order valence-corrected chi connectivity index (χ0v) is 12.5. The van der Waals surface area contributed by atoms with E-state index in [4.69, 9.17) is 4.74 Å². The lowest BCUT2D eigenvalue weighted by Crippen LogP contribution is -2.32. The van der Waals surface area contributed by atoms with Crippen LogP contribution in [0.25, 0.3) is 0 Å². The van der Waals surface area contributed by atoms with Crippen LogP contribution in [0.1, 0.15) is 20.3 Å². The van der Waals surface area contributed by atoms with Crippen molar-refractivity contribution in [1.82, 2.24) is 5.32 Å². The second-order valence-corrected chi connectivity index (χ2v) is 5.22. The molecule has 1 aromatic rings. The van der Waals surface area contributed by atoms with E-state index in [1.807, 2.05) is 6.92 Å². The van der Waals surface area contributed by atoms with Gasteiger partial charge in [0.15, 0.2) is 0 Å². The van der Waals surface area contributed by atoms with Crippen LogP contribution >= 0.6 is 0 Å². The second-order valence-electron chi connectivity index (χ2n) is 5.22. The van der Waals surface area contributed by atoms with Gasteiger partial charge in [0.05, 0.1) is 18.7 Å². The Kier molecular flexibility index (Phi) is 4.80. The first kappa shape index (κ1) is 15.3. The molecule has 2 unspecified atom stereocenters. The molecule has 114 valence electrons. The highest BCUT2D eigenvalue weighted by atomic mass is 16.5. The van der Waals surface area contributed by atoms with E-state index >= 15 is 0 Å². The lowest BCUT2D eigenvalue weighted by Gasteiger charge is -2.17. The molecule has 0 spiro atoms. The highest BCUT2D eigenvalue weighted by molar-refractivity contribution is 5.96. The number of carbonyl (C=O) groups is 2. The van der Waals surface area contributed by atoms with Gasteiger partial charge in [0, 0.05) is 18.7 Å². The van der Waals surface area contributed by atoms with Crippen molar-refractivity contribution in [3.05, 3.63) is 18.2 Å². The first-order chi connectivity index (χ1) is 10.0. The van der Waals surface area contributed by atoms with Gasteiger partial charge in [-0.15, -0.1) is 0 Å². The number of anilines is 2. The van der Waals surface area contributed by atoms with Crippen LogP contribution < -0.4 is 20.7 Å². The van der Waals surface area contributed by atoms with Crippen molar-refractivity contribution in [3.8, 4) is 5.75 Å². The highest BCUT2D eigenvalue weighted by Gasteiger charge is 2.29. The summed E-state index contributed by atoms with van der Waals surface area (Å²) in [5.74, 6) is 0.312. The smallest absolute Gasteiger partial charge is 0.229 e. The van der Waals surface area contributed by atoms with Crippen LogP contribution in [-0.2, 0) is 9.59 Å². The highest BCUT2D eigenvalue weighted by Crippen LogP contribution is 2.29. The average molecular weight is 291 g/mol. The number of amides is 2. The number of benzene rings is 1. The molecule has 6 nitrogen and oxygen atoms in total. The van der Waals surface area contributed by atoms with Gasteiger partial charge in [-0.05, 0) is 38.1 Å². The SMILES string of the molecule is COc1ccc(NC(C)=O)cc1NC(=O)C1CCNC1C. The molecule has 0 aromatic heterocycles. The molecule has 2 atom stereocenters. The maximum absolute atomic E-state index is 12.3. The standard InChI is InChI=1S/C15H21N3O3/c1-9-12(6-7-16-9)15(20)18-13-8-11(17-10(2)19)4-5-14(13)21-3/h4-5,8-9,12,16H,6-7H2,1-3H3,(H,17,19)(H,18,20). The molecule has 1 heterocycles. The number of ether oxygens (including phenoxy) is 1. The molecule has 6 heteroatoms. The lowest BCUT2D eigenvalue weighted by atomic mass is 10.0. The van der Waals surface area contributed by atoms with Crippen LogP contribution in [0.2, 0.25) is 0 Å². The maximum Gasteiger partial charge on any atom is 0.229 e. The summed E-state index contributed by atoms with van der Waals surface area (Å²) >= 11 is 0. The van der Waals surface area contributed by atoms with Gasteiger partial charge >= 0.3 is 0 Å². The fourth-order valence-electron chi connectivity index (χ4n) is 2.53. The molecule has 1 fully saturated rings. The first-order valence-electron chi connectivity index (χ1n) is 7.01. The van der Waals surface area contributed by atoms with E-state index in [1.54, 1.807) is 25.3 Å². The molecule has 1 aliphatic rings. The Labute approximate surface area is 124 Å². The minimum absolute atomic E-state index is 0.0363. The molecule has 2 amide bonds. The topological polar surface area (TPSA) is 79.5 Å². The van der Waals surface area contributed by atoms with Crippen molar-refractivity contribution >= 4 is 23.2 Å². The Hall–Kier alpha value is -2.08. The van der Waals surface area contributed by atoms with Gasteiger partial charge in [-0.1, -0.05) is 0 Å². The van der Waals surface area contributed by atoms with Gasteiger partial charge in [-0.3, -0.25) is 9.59 Å². The zero-order valence-electron chi connectivity index (χ0n) is 12.5. The summed E-state index contributed by atoms with van der Waals surface area (Å²) in [7, 11) is 1.54. The van der Waals surface area contributed by atoms with Crippen molar-refractivity contribution in [2.75, 3.05) is 24.3 Å². The summed E-state index contributed by atoms with van der Waals surface area (Å²) in [5, 5.41) is 8.84. The molecule has 1 aromatic carbocycles. The quantitative estimate of drug-likeness (QED) is 0.787. The number of rotatable bonds is 4. The molecular weight excluding hydrogens is 270 g/mol. The third-order valence-electron chi connectivity index (χ3n) is 3.64. The van der Waals surface area contributed by atoms with E-state index in [0.29, 0.717) is 17.1 Å². The number of hydrogen-bond acceptors (Lipinski definition) is 4. The van der Waals surface area contributed by atoms with E-state index < -0.39 is 0 Å². The van der Waals surface area contributed by atoms with E-state index in [9.17, 15) is 9.59 Å². The van der Waals surface area contributed by atoms with Gasteiger partial charge in [0.2, 0.25) is 11.8 Å². The van der Waals surface area contributed by atoms with Crippen LogP contribution in [0.15, 0.2) is 18.2 Å². The summed E-state index contributed by atoms with van der Waals surface area (Å²) in [6.45, 7) is 4.29. The Morgan fingerprint density at radius 1 is 1.33 bits per heavy atom. The van der Waals surface area contributed by atoms with Crippen LogP contribution in [0.4, 0.5) is 11.4 Å². The molecule has 21 heavy (non-hydrogen) atoms. The van der Waals surface area contributed by atoms with Crippen LogP contribution in [0.5, 0.6) is 5.75 Å². The molecule has 0 saturated carbocycles. The van der Waals surface area contributed by atoms with Crippen molar-refractivity contribution in [2.45, 2.75) is 26.3 Å². The third-order valence-corrected chi connectivity index (χ3v) is 3.64. The van der Waals surface area contributed by atoms with Gasteiger partial charge in [0.1, 0.15) is 5.75 Å². The largest absolute Gasteiger partial charge is 0.495 e. The minimum atomic E-state index is -0.161. The molecular formula is C15H21N3O3. The van der Waals surface area contributed by atoms with Crippen molar-refractivity contribution < 1.29 is 14.3 Å². The van der Waals surface area contributed by atoms with Crippen LogP contribution in [0, 0.1) is 5.92 Å². The lowest BCUT2D eigenvalue weighted by molar-refractivity contribution is -0.120. The molecule has 2 rings (SSSR count). The van der Waals surface area contributed by atoms with Gasteiger partial charge in [-0.2, -0.15) is 0 Å². The zero-order chi connectivity index (χ0) is 15.4. The number of carbonyl (C=O) groups excluding carboxylic acids is 2. The normalized spacial score (nSPS) is 20.9. The monoisotopic (exact) mass is 291 g/mol. The van der Waals surface area contributed by atoms with Crippen molar-refractivity contribution in [2.24, 2.45) is 5.92 Å². The third kappa shape index (κ3) is 3.72. The second kappa shape index (κ2) is 6.58. The maximum atomic E-state index is 12.3. The molecule has 0 radical (unpaired) electrons. The fourth-order valence-corrected chi connectivity index (χ4v) is 2.53. The first-order valence-corrected chi connectivity index (χ1v) is 7.01. The minimum Gasteiger partial charge on any atom is -0.495 e. The Bertz CT molecular complexity index is 545. The Morgan fingerprint density at radius 2 is 2.10 bits per heavy atom. The number of hydrogen-bond donors (Lipinski definition) is 3. The van der Waals surface area contributed by atoms with Gasteiger partial charge < -0.3 is 20.7 Å². The van der Waals surface area contributed by atoms with Crippen LogP contribution in [0.3, 0.4) is 0 Å². The predicted octanol–water partition coefficient (Wildman–Crippen LogP) is 1.59. The predicted molar refractivity (Wildman–Crippen MR) is 81.5 cm³/mol. The molecule has 0 bridgehead atoms. The molecule has 3 N–H and O–H groups in total. The summed E-state index contributed by atoms with van der Waals surface area (Å²) in [5.41, 5.74) is 1.18. The average Bonchev–Trinajstić information content (AvgIpc) is 2.84. The summed E-state index contributed by atoms with van der Waals surface area (Å²) in [4.78, 5) is 23.4. The molecule has 1 saturated heterocycles. The Morgan fingerprint density at radius 3 is 2.67 bits per heavy atom. The summed E-state index contributed by atoms with van der Waals surface area (Å²) < 4.78 is 5.25. The van der Waals surface area contributed by atoms with Crippen LogP contribution in [-0.4, -0.2) is 31.5 Å². The summed E-state index contributed by atoms with van der Waals surface area (Å²) in [6, 6.07) is 5.31. The van der Waals surface area contributed by atoms with Gasteiger partial charge in [-0.25, -0.2) is 0 Å². The summed E-state index contributed by atoms with van der Waals surface area (Å²) in [6.07, 6.45) is 0.820. The van der Waals surface area contributed by atoms with E-state index in [2.05, 4.69) is 16.0 Å². The number of nitrogens with one attached hydrogen (secondary N) is 3.